The fourth-order valence-electron chi connectivity index (χ4n) is 0.149. The molecule has 0 aliphatic rings. The lowest BCUT2D eigenvalue weighted by atomic mass is 10.8. The normalized spacial score (nSPS) is 8.50. The molecule has 0 saturated heterocycles. The Hall–Kier alpha value is -0.710. The Kier molecular flexibility index (Phi) is 3.02. The zero-order valence-corrected chi connectivity index (χ0v) is 4.99. The maximum absolute atomic E-state index is 9.95. The molecule has 5 N–H and O–H groups in total. The Morgan fingerprint density at radius 1 is 1.62 bits per heavy atom. The van der Waals surface area contributed by atoms with Crippen molar-refractivity contribution in [2.45, 2.75) is 0 Å². The lowest BCUT2D eigenvalue weighted by molar-refractivity contribution is -0.115. The molecular formula is C3H7N3OS. The number of rotatable bonds is 2. The van der Waals surface area contributed by atoms with Crippen molar-refractivity contribution in [3.05, 3.63) is 0 Å². The minimum absolute atomic E-state index is 0.0798. The molecule has 0 aliphatic heterocycles. The molecule has 5 heteroatoms. The van der Waals surface area contributed by atoms with E-state index in [1.54, 1.807) is 0 Å². The third-order valence-electron chi connectivity index (χ3n) is 0.370. The van der Waals surface area contributed by atoms with Crippen LogP contribution in [0.15, 0.2) is 0 Å². The van der Waals surface area contributed by atoms with Crippen LogP contribution >= 0.6 is 11.8 Å². The van der Waals surface area contributed by atoms with Crippen molar-refractivity contribution in [3.63, 3.8) is 0 Å². The number of hydrogen-bond acceptors (Lipinski definition) is 3. The number of carbonyl (C=O) groups excluding carboxylic acids is 1. The first-order valence-corrected chi connectivity index (χ1v) is 2.86. The van der Waals surface area contributed by atoms with Crippen molar-refractivity contribution >= 4 is 22.8 Å². The molecule has 0 fully saturated rings. The van der Waals surface area contributed by atoms with E-state index in [4.69, 9.17) is 16.9 Å². The van der Waals surface area contributed by atoms with Gasteiger partial charge in [0.1, 0.15) is 0 Å². The lowest BCUT2D eigenvalue weighted by Gasteiger charge is -1.90. The van der Waals surface area contributed by atoms with Gasteiger partial charge in [-0.05, 0) is 0 Å². The maximum Gasteiger partial charge on any atom is 0.227 e. The number of nitrogens with one attached hydrogen (secondary N) is 1. The minimum atomic E-state index is -0.454. The number of thioether (sulfide) groups is 1. The molecule has 46 valence electrons. The Morgan fingerprint density at radius 2 is 2.12 bits per heavy atom. The molecule has 0 heterocycles. The zero-order valence-electron chi connectivity index (χ0n) is 4.18. The predicted molar refractivity (Wildman–Crippen MR) is 33.6 cm³/mol. The molecule has 0 aliphatic carbocycles. The molecule has 0 rings (SSSR count). The Morgan fingerprint density at radius 3 is 2.25 bits per heavy atom. The molecule has 0 bridgehead atoms. The topological polar surface area (TPSA) is 93.0 Å². The van der Waals surface area contributed by atoms with Crippen LogP contribution in [0.4, 0.5) is 0 Å². The average molecular weight is 133 g/mol. The molecule has 8 heavy (non-hydrogen) atoms. The number of hydrogen-bond donors (Lipinski definition) is 3. The molecule has 0 radical (unpaired) electrons. The van der Waals surface area contributed by atoms with E-state index in [1.807, 2.05) is 0 Å². The summed E-state index contributed by atoms with van der Waals surface area (Å²) in [7, 11) is 0. The van der Waals surface area contributed by atoms with Gasteiger partial charge in [-0.3, -0.25) is 10.2 Å². The number of amidine groups is 1. The van der Waals surface area contributed by atoms with Crippen LogP contribution in [0.3, 0.4) is 0 Å². The first kappa shape index (κ1) is 7.29. The monoisotopic (exact) mass is 133 g/mol. The first-order valence-electron chi connectivity index (χ1n) is 1.88. The van der Waals surface area contributed by atoms with Gasteiger partial charge >= 0.3 is 0 Å². The number of nitrogens with two attached hydrogens (primary N) is 2. The van der Waals surface area contributed by atoms with Crippen LogP contribution in [0, 0.1) is 5.41 Å². The molecular weight excluding hydrogens is 126 g/mol. The molecule has 0 atom stereocenters. The second-order valence-corrected chi connectivity index (χ2v) is 2.14. The summed E-state index contributed by atoms with van der Waals surface area (Å²) >= 11 is 0.926. The molecule has 0 aromatic rings. The summed E-state index contributed by atoms with van der Waals surface area (Å²) in [6.45, 7) is 0. The van der Waals surface area contributed by atoms with Crippen molar-refractivity contribution in [2.75, 3.05) is 5.75 Å². The van der Waals surface area contributed by atoms with Gasteiger partial charge in [0.2, 0.25) is 5.91 Å². The van der Waals surface area contributed by atoms with Crippen LogP contribution < -0.4 is 11.5 Å². The summed E-state index contributed by atoms with van der Waals surface area (Å²) in [6, 6.07) is 0. The fraction of sp³-hybridized carbons (Fsp3) is 0.333. The van der Waals surface area contributed by atoms with Gasteiger partial charge in [0.15, 0.2) is 5.17 Å². The highest BCUT2D eigenvalue weighted by Crippen LogP contribution is 1.93. The van der Waals surface area contributed by atoms with Gasteiger partial charge in [0.05, 0.1) is 5.75 Å². The minimum Gasteiger partial charge on any atom is -0.379 e. The van der Waals surface area contributed by atoms with Gasteiger partial charge in [0, 0.05) is 0 Å². The summed E-state index contributed by atoms with van der Waals surface area (Å²) in [4.78, 5) is 9.95. The molecule has 0 aromatic carbocycles. The van der Waals surface area contributed by atoms with Gasteiger partial charge < -0.3 is 11.5 Å². The zero-order chi connectivity index (χ0) is 6.57. The van der Waals surface area contributed by atoms with Gasteiger partial charge in [-0.25, -0.2) is 0 Å². The highest BCUT2D eigenvalue weighted by atomic mass is 32.2. The summed E-state index contributed by atoms with van der Waals surface area (Å²) < 4.78 is 0. The van der Waals surface area contributed by atoms with Crippen LogP contribution in [0.2, 0.25) is 0 Å². The van der Waals surface area contributed by atoms with Crippen LogP contribution in [0.1, 0.15) is 0 Å². The fourth-order valence-corrected chi connectivity index (χ4v) is 0.447. The van der Waals surface area contributed by atoms with E-state index in [1.165, 1.54) is 0 Å². The van der Waals surface area contributed by atoms with Crippen molar-refractivity contribution in [1.29, 1.82) is 5.41 Å². The lowest BCUT2D eigenvalue weighted by Crippen LogP contribution is -2.16. The van der Waals surface area contributed by atoms with Gasteiger partial charge in [0.25, 0.3) is 0 Å². The van der Waals surface area contributed by atoms with Crippen LogP contribution in [0.5, 0.6) is 0 Å². The average Bonchev–Trinajstić information content (AvgIpc) is 1.61. The summed E-state index contributed by atoms with van der Waals surface area (Å²) in [5.41, 5.74) is 9.61. The van der Waals surface area contributed by atoms with E-state index >= 15 is 0 Å². The predicted octanol–water partition coefficient (Wildman–Crippen LogP) is -0.902. The van der Waals surface area contributed by atoms with Crippen LogP contribution in [-0.2, 0) is 4.79 Å². The quantitative estimate of drug-likeness (QED) is 0.336. The first-order chi connectivity index (χ1) is 3.63. The van der Waals surface area contributed by atoms with Crippen LogP contribution in [-0.4, -0.2) is 16.8 Å². The Bertz CT molecular complexity index is 99.1. The molecule has 0 spiro atoms. The molecule has 0 unspecified atom stereocenters. The molecule has 0 aromatic heterocycles. The summed E-state index contributed by atoms with van der Waals surface area (Å²) in [6.07, 6.45) is 0. The van der Waals surface area contributed by atoms with Crippen molar-refractivity contribution in [3.8, 4) is 0 Å². The third kappa shape index (κ3) is 5.29. The van der Waals surface area contributed by atoms with E-state index < -0.39 is 5.91 Å². The summed E-state index contributed by atoms with van der Waals surface area (Å²) in [5.74, 6) is -0.361. The summed E-state index contributed by atoms with van der Waals surface area (Å²) in [5, 5.41) is 6.54. The smallest absolute Gasteiger partial charge is 0.227 e. The number of amides is 1. The van der Waals surface area contributed by atoms with Gasteiger partial charge in [-0.15, -0.1) is 0 Å². The van der Waals surface area contributed by atoms with Gasteiger partial charge in [-0.2, -0.15) is 0 Å². The van der Waals surface area contributed by atoms with E-state index in [0.717, 1.165) is 11.8 Å². The molecule has 4 nitrogen and oxygen atoms in total. The van der Waals surface area contributed by atoms with Crippen molar-refractivity contribution in [2.24, 2.45) is 11.5 Å². The van der Waals surface area contributed by atoms with Crippen LogP contribution in [0.25, 0.3) is 0 Å². The van der Waals surface area contributed by atoms with E-state index in [-0.39, 0.29) is 10.9 Å². The number of primary amides is 1. The number of carbonyl (C=O) groups is 1. The highest BCUT2D eigenvalue weighted by molar-refractivity contribution is 8.14. The van der Waals surface area contributed by atoms with Crippen molar-refractivity contribution in [1.82, 2.24) is 0 Å². The molecule has 0 saturated carbocycles. The van der Waals surface area contributed by atoms with E-state index in [0.29, 0.717) is 0 Å². The SMILES string of the molecule is N=C(N)SCC(N)=O. The van der Waals surface area contributed by atoms with Gasteiger partial charge in [-0.1, -0.05) is 11.8 Å². The Balaban J connectivity index is 3.18. The largest absolute Gasteiger partial charge is 0.379 e. The highest BCUT2D eigenvalue weighted by Gasteiger charge is 1.94. The maximum atomic E-state index is 9.95. The second kappa shape index (κ2) is 3.31. The van der Waals surface area contributed by atoms with E-state index in [9.17, 15) is 4.79 Å². The second-order valence-electron chi connectivity index (χ2n) is 1.12. The standard InChI is InChI=1S/C3H7N3OS/c4-2(7)1-8-3(5)6/h1H2,(H2,4,7)(H3,5,6). The molecule has 1 amide bonds. The Labute approximate surface area is 51.1 Å². The van der Waals surface area contributed by atoms with Crippen molar-refractivity contribution < 1.29 is 4.79 Å². The van der Waals surface area contributed by atoms with E-state index in [2.05, 4.69) is 0 Å². The third-order valence-corrected chi connectivity index (χ3v) is 1.11.